The third-order valence-electron chi connectivity index (χ3n) is 3.95. The van der Waals surface area contributed by atoms with Crippen molar-refractivity contribution in [3.05, 3.63) is 0 Å². The van der Waals surface area contributed by atoms with Gasteiger partial charge >= 0.3 is 0 Å². The average molecular weight is 225 g/mol. The molecule has 1 heterocycles. The van der Waals surface area contributed by atoms with Crippen molar-refractivity contribution in [2.24, 2.45) is 28.5 Å². The van der Waals surface area contributed by atoms with Crippen LogP contribution in [0.2, 0.25) is 0 Å². The van der Waals surface area contributed by atoms with Crippen molar-refractivity contribution in [1.29, 1.82) is 0 Å². The van der Waals surface area contributed by atoms with Crippen LogP contribution >= 0.6 is 0 Å². The van der Waals surface area contributed by atoms with E-state index in [0.29, 0.717) is 25.1 Å². The Morgan fingerprint density at radius 1 is 1.50 bits per heavy atom. The normalized spacial score (nSPS) is 25.2. The van der Waals surface area contributed by atoms with E-state index in [0.717, 1.165) is 11.8 Å². The van der Waals surface area contributed by atoms with Gasteiger partial charge in [-0.15, -0.1) is 0 Å². The van der Waals surface area contributed by atoms with Crippen LogP contribution in [0.15, 0.2) is 4.99 Å². The molecule has 2 atom stereocenters. The Morgan fingerprint density at radius 2 is 2.25 bits per heavy atom. The lowest BCUT2D eigenvalue weighted by atomic mass is 9.84. The summed E-state index contributed by atoms with van der Waals surface area (Å²) in [7, 11) is 0. The highest BCUT2D eigenvalue weighted by atomic mass is 16.7. The van der Waals surface area contributed by atoms with Gasteiger partial charge in [-0.3, -0.25) is 10.3 Å². The first-order valence-electron chi connectivity index (χ1n) is 6.43. The first-order valence-corrected chi connectivity index (χ1v) is 6.43. The number of hydroxylamine groups is 1. The molecule has 0 amide bonds. The molecular weight excluding hydrogens is 202 g/mol. The maximum Gasteiger partial charge on any atom is 0.166 e. The third-order valence-corrected chi connectivity index (χ3v) is 3.95. The SMILES string of the molecule is CC(CC1CCCC1)C(CN)C1=NCON1. The highest BCUT2D eigenvalue weighted by Gasteiger charge is 2.27. The molecule has 16 heavy (non-hydrogen) atoms. The number of rotatable bonds is 5. The van der Waals surface area contributed by atoms with E-state index in [1.807, 2.05) is 0 Å². The van der Waals surface area contributed by atoms with E-state index in [-0.39, 0.29) is 0 Å². The van der Waals surface area contributed by atoms with E-state index in [2.05, 4.69) is 17.4 Å². The maximum atomic E-state index is 5.85. The molecule has 1 aliphatic carbocycles. The molecule has 0 bridgehead atoms. The number of aliphatic imine (C=N–C) groups is 1. The molecule has 2 unspecified atom stereocenters. The highest BCUT2D eigenvalue weighted by Crippen LogP contribution is 2.32. The Morgan fingerprint density at radius 3 is 2.81 bits per heavy atom. The summed E-state index contributed by atoms with van der Waals surface area (Å²) in [6, 6.07) is 0. The highest BCUT2D eigenvalue weighted by molar-refractivity contribution is 5.84. The summed E-state index contributed by atoms with van der Waals surface area (Å²) in [5, 5.41) is 0. The topological polar surface area (TPSA) is 59.6 Å². The van der Waals surface area contributed by atoms with E-state index in [1.165, 1.54) is 32.1 Å². The van der Waals surface area contributed by atoms with Crippen LogP contribution in [0.25, 0.3) is 0 Å². The van der Waals surface area contributed by atoms with E-state index < -0.39 is 0 Å². The van der Waals surface area contributed by atoms with E-state index >= 15 is 0 Å². The number of nitrogens with zero attached hydrogens (tertiary/aromatic N) is 1. The van der Waals surface area contributed by atoms with Gasteiger partial charge in [0.1, 0.15) is 5.84 Å². The Labute approximate surface area is 97.6 Å². The molecular formula is C12H23N3O. The fourth-order valence-electron chi connectivity index (χ4n) is 2.98. The molecule has 4 nitrogen and oxygen atoms in total. The smallest absolute Gasteiger partial charge is 0.166 e. The van der Waals surface area contributed by atoms with Gasteiger partial charge in [-0.25, -0.2) is 4.99 Å². The molecule has 0 aromatic carbocycles. The molecule has 0 radical (unpaired) electrons. The average Bonchev–Trinajstić information content (AvgIpc) is 2.91. The molecule has 3 N–H and O–H groups in total. The first kappa shape index (κ1) is 11.9. The number of nitrogens with one attached hydrogen (secondary N) is 1. The summed E-state index contributed by atoms with van der Waals surface area (Å²) in [6.45, 7) is 3.38. The summed E-state index contributed by atoms with van der Waals surface area (Å²) in [5.41, 5.74) is 8.73. The van der Waals surface area contributed by atoms with Gasteiger partial charge in [0.2, 0.25) is 0 Å². The summed E-state index contributed by atoms with van der Waals surface area (Å²) in [6.07, 6.45) is 6.90. The number of nitrogens with two attached hydrogens (primary N) is 1. The van der Waals surface area contributed by atoms with Crippen LogP contribution in [0.3, 0.4) is 0 Å². The maximum absolute atomic E-state index is 5.85. The van der Waals surface area contributed by atoms with E-state index in [9.17, 15) is 0 Å². The van der Waals surface area contributed by atoms with Gasteiger partial charge in [0.05, 0.1) is 0 Å². The second kappa shape index (κ2) is 5.64. The minimum absolute atomic E-state index is 0.336. The fourth-order valence-corrected chi connectivity index (χ4v) is 2.98. The lowest BCUT2D eigenvalue weighted by Crippen LogP contribution is -2.36. The third kappa shape index (κ3) is 2.74. The van der Waals surface area contributed by atoms with E-state index in [1.54, 1.807) is 0 Å². The summed E-state index contributed by atoms with van der Waals surface area (Å²) in [4.78, 5) is 9.36. The minimum atomic E-state index is 0.336. The zero-order valence-corrected chi connectivity index (χ0v) is 10.1. The number of amidine groups is 1. The minimum Gasteiger partial charge on any atom is -0.330 e. The van der Waals surface area contributed by atoms with Crippen molar-refractivity contribution in [2.75, 3.05) is 13.3 Å². The molecule has 0 saturated heterocycles. The standard InChI is InChI=1S/C12H23N3O/c1-9(6-10-4-2-3-5-10)11(7-13)12-14-8-16-15-12/h9-11H,2-8,13H2,1H3,(H,14,15). The second-order valence-electron chi connectivity index (χ2n) is 5.12. The first-order chi connectivity index (χ1) is 7.81. The summed E-state index contributed by atoms with van der Waals surface area (Å²) < 4.78 is 0. The molecule has 2 aliphatic rings. The molecule has 0 aromatic rings. The summed E-state index contributed by atoms with van der Waals surface area (Å²) in [5.74, 6) is 2.80. The molecule has 92 valence electrons. The molecule has 4 heteroatoms. The van der Waals surface area contributed by atoms with Crippen LogP contribution in [0.5, 0.6) is 0 Å². The van der Waals surface area contributed by atoms with Gasteiger partial charge in [-0.05, 0) is 18.3 Å². The molecule has 2 rings (SSSR count). The van der Waals surface area contributed by atoms with Crippen molar-refractivity contribution < 1.29 is 4.84 Å². The lowest BCUT2D eigenvalue weighted by Gasteiger charge is -2.24. The molecule has 1 fully saturated rings. The van der Waals surface area contributed by atoms with Gasteiger partial charge in [0, 0.05) is 12.5 Å². The largest absolute Gasteiger partial charge is 0.330 e. The van der Waals surface area contributed by atoms with Gasteiger partial charge in [-0.1, -0.05) is 32.6 Å². The fraction of sp³-hybridized carbons (Fsp3) is 0.917. The van der Waals surface area contributed by atoms with Gasteiger partial charge < -0.3 is 5.73 Å². The molecule has 1 aliphatic heterocycles. The van der Waals surface area contributed by atoms with Crippen LogP contribution in [-0.2, 0) is 4.84 Å². The quantitative estimate of drug-likeness (QED) is 0.748. The van der Waals surface area contributed by atoms with Crippen LogP contribution in [0, 0.1) is 17.8 Å². The monoisotopic (exact) mass is 225 g/mol. The molecule has 1 saturated carbocycles. The molecule has 0 spiro atoms. The van der Waals surface area contributed by atoms with Gasteiger partial charge in [0.15, 0.2) is 6.73 Å². The Balaban J connectivity index is 1.87. The zero-order valence-electron chi connectivity index (χ0n) is 10.1. The van der Waals surface area contributed by atoms with Crippen molar-refractivity contribution >= 4 is 5.84 Å². The second-order valence-corrected chi connectivity index (χ2v) is 5.12. The molecule has 0 aromatic heterocycles. The lowest BCUT2D eigenvalue weighted by molar-refractivity contribution is 0.111. The van der Waals surface area contributed by atoms with Crippen molar-refractivity contribution in [2.45, 2.75) is 39.0 Å². The van der Waals surface area contributed by atoms with Crippen molar-refractivity contribution in [3.63, 3.8) is 0 Å². The van der Waals surface area contributed by atoms with Crippen LogP contribution < -0.4 is 11.2 Å². The van der Waals surface area contributed by atoms with Gasteiger partial charge in [-0.2, -0.15) is 0 Å². The Hall–Kier alpha value is -0.610. The van der Waals surface area contributed by atoms with Crippen LogP contribution in [-0.4, -0.2) is 19.1 Å². The number of hydrogen-bond acceptors (Lipinski definition) is 4. The predicted octanol–water partition coefficient (Wildman–Crippen LogP) is 1.67. The number of hydrogen-bond donors (Lipinski definition) is 2. The van der Waals surface area contributed by atoms with Crippen LogP contribution in [0.4, 0.5) is 0 Å². The summed E-state index contributed by atoms with van der Waals surface area (Å²) >= 11 is 0. The van der Waals surface area contributed by atoms with Gasteiger partial charge in [0.25, 0.3) is 0 Å². The Kier molecular flexibility index (Phi) is 4.18. The van der Waals surface area contributed by atoms with Crippen molar-refractivity contribution in [3.8, 4) is 0 Å². The predicted molar refractivity (Wildman–Crippen MR) is 64.8 cm³/mol. The zero-order chi connectivity index (χ0) is 11.4. The van der Waals surface area contributed by atoms with E-state index in [4.69, 9.17) is 10.6 Å². The van der Waals surface area contributed by atoms with Crippen LogP contribution in [0.1, 0.15) is 39.0 Å². The Bertz CT molecular complexity index is 249. The van der Waals surface area contributed by atoms with Crippen molar-refractivity contribution in [1.82, 2.24) is 5.48 Å².